The molecular weight excluding hydrogens is 1680 g/mol. The highest BCUT2D eigenvalue weighted by atomic mass is 32.2. The standard InChI is InChI=1S/C99H155N3O26S/c1-61-27-22-21-23-28-62(2)86(114-18)47-78-33-32-67(7)99(112,49-78)94(107)97(110)101-38-25-24-31-83(101)98(111)128-87(48-84(103)63(3)44-66(6)92(106)93(116-20)91(105)65(5)43-61)64(4)45-77-34-37-85(88(46-77)115-19)119-41-42-120-89(104)59-129-60-100-82-36-35-81-90-79(82)29-26-30-80(90)95(108)102(96(81)109)68(8)50-121-70(10)52-117-39-40-118-71(11)53-123-73(13)55-125-75(15)57-127-76(16)58-126-74(14)56-124-72(12)54-122-69(9)51-113-17/h21-23,26-30,35-36,44,61,63-65,67-78,83,85-88,92-93,100,106,112H,24-25,31-34,37-43,45-60H2,1-20H3/b23-21+,27-22+,62-28+,66-44+/t61-,63-,64+,65?,67-,68?,69?,70?,71?,72?,73?,74?,75?,76?,77+,78+,83?,85-,86+,87+,88-,92-,93+,99+/m1/s1. The third-order valence-electron chi connectivity index (χ3n) is 25.4. The molecule has 30 heteroatoms. The molecule has 5 aliphatic rings. The van der Waals surface area contributed by atoms with Gasteiger partial charge in [0.25, 0.3) is 23.5 Å². The Balaban J connectivity index is 0.832. The second-order valence-corrected chi connectivity index (χ2v) is 37.8. The number of ether oxygens (including phenoxy) is 16. The zero-order chi connectivity index (χ0) is 94.6. The second kappa shape index (κ2) is 56.2. The molecule has 11 unspecified atom stereocenters. The zero-order valence-electron chi connectivity index (χ0n) is 80.6. The molecule has 2 aromatic rings. The van der Waals surface area contributed by atoms with Crippen molar-refractivity contribution in [1.82, 2.24) is 9.80 Å². The van der Waals surface area contributed by atoms with Crippen LogP contribution >= 0.6 is 11.8 Å². The number of carbonyl (C=O) groups is 8. The normalized spacial score (nSPS) is 29.0. The summed E-state index contributed by atoms with van der Waals surface area (Å²) in [5, 5.41) is 28.7. The quantitative estimate of drug-likeness (QED) is 0.0138. The summed E-state index contributed by atoms with van der Waals surface area (Å²) in [5.41, 5.74) is 0.770. The first kappa shape index (κ1) is 110. The number of aliphatic hydroxyl groups excluding tert-OH is 1. The van der Waals surface area contributed by atoms with E-state index < -0.39 is 95.1 Å². The van der Waals surface area contributed by atoms with Gasteiger partial charge in [0.05, 0.1) is 164 Å². The van der Waals surface area contributed by atoms with Crippen molar-refractivity contribution in [2.75, 3.05) is 138 Å². The number of imide groups is 1. The number of methoxy groups -OCH3 is 4. The Hall–Kier alpha value is -6.27. The molecule has 3 amide bonds. The van der Waals surface area contributed by atoms with Gasteiger partial charge in [-0.25, -0.2) is 4.79 Å². The SMILES string of the molecule is COCC(C)OCC(C)OCC(C)OCC(C)OCC(C)OCC(C)OCC(C)OCCOCC(C)OCC(C)N1C(=O)c2cccc3c(NCSCC(=O)OCCO[C@@H]4CC[C@@H](C[C@H](C)[C@@H]5CC(=O)[C@H](C)/C=C(\C)[C@@H](O)[C@@H](OC)C(=O)C(C)C[C@H](C)/C=C/C=C/C=C(\C)[C@@H](OC)C[C@@H]6CC[C@@H](C)[C@@](O)(C6)C(=O)C(=O)N6CCCCC6C(=O)O5)C[C@H]4OC)ccc(c23)C1=O. The van der Waals surface area contributed by atoms with Crippen molar-refractivity contribution in [2.24, 2.45) is 41.4 Å². The molecule has 129 heavy (non-hydrogen) atoms. The Morgan fingerprint density at radius 2 is 1.22 bits per heavy atom. The summed E-state index contributed by atoms with van der Waals surface area (Å²) in [4.78, 5) is 117. The van der Waals surface area contributed by atoms with Gasteiger partial charge in [-0.15, -0.1) is 11.8 Å². The summed E-state index contributed by atoms with van der Waals surface area (Å²) >= 11 is 1.30. The highest BCUT2D eigenvalue weighted by molar-refractivity contribution is 8.00. The molecule has 2 aromatic carbocycles. The van der Waals surface area contributed by atoms with Gasteiger partial charge in [-0.2, -0.15) is 0 Å². The Labute approximate surface area is 771 Å². The van der Waals surface area contributed by atoms with Crippen LogP contribution in [0.3, 0.4) is 0 Å². The fraction of sp³-hybridized carbons (Fsp3) is 0.737. The highest BCUT2D eigenvalue weighted by Crippen LogP contribution is 2.43. The van der Waals surface area contributed by atoms with Crippen LogP contribution in [-0.4, -0.2) is 303 Å². The fourth-order valence-electron chi connectivity index (χ4n) is 17.6. The molecule has 0 aromatic heterocycles. The molecular formula is C99H155N3O26S. The van der Waals surface area contributed by atoms with Crippen LogP contribution in [0, 0.1) is 41.4 Å². The number of aliphatic hydroxyl groups is 2. The zero-order valence-corrected chi connectivity index (χ0v) is 81.4. The van der Waals surface area contributed by atoms with Gasteiger partial charge in [0.1, 0.15) is 42.3 Å². The van der Waals surface area contributed by atoms with Gasteiger partial charge in [0.15, 0.2) is 5.78 Å². The van der Waals surface area contributed by atoms with E-state index in [0.717, 1.165) is 5.57 Å². The number of ketones is 3. The van der Waals surface area contributed by atoms with Crippen LogP contribution in [0.2, 0.25) is 0 Å². The first-order valence-corrected chi connectivity index (χ1v) is 48.0. The number of thioether (sulfide) groups is 1. The number of hydrogen-bond donors (Lipinski definition) is 3. The molecule has 24 atom stereocenters. The van der Waals surface area contributed by atoms with E-state index in [1.54, 1.807) is 79.4 Å². The third kappa shape index (κ3) is 34.6. The minimum absolute atomic E-state index is 0.00113. The van der Waals surface area contributed by atoms with Crippen molar-refractivity contribution in [3.63, 3.8) is 0 Å². The van der Waals surface area contributed by atoms with Crippen LogP contribution < -0.4 is 5.32 Å². The summed E-state index contributed by atoms with van der Waals surface area (Å²) in [7, 11) is 6.26. The summed E-state index contributed by atoms with van der Waals surface area (Å²) < 4.78 is 94.6. The number of hydrogen-bond acceptors (Lipinski definition) is 28. The topological polar surface area (TPSA) is 343 Å². The predicted molar refractivity (Wildman–Crippen MR) is 494 cm³/mol. The van der Waals surface area contributed by atoms with E-state index in [9.17, 15) is 48.6 Å². The molecule has 2 aliphatic carbocycles. The van der Waals surface area contributed by atoms with Gasteiger partial charge in [0.2, 0.25) is 0 Å². The maximum atomic E-state index is 14.9. The number of benzene rings is 2. The highest BCUT2D eigenvalue weighted by Gasteiger charge is 2.52. The number of esters is 2. The van der Waals surface area contributed by atoms with Gasteiger partial charge >= 0.3 is 11.9 Å². The molecule has 728 valence electrons. The molecule has 29 nitrogen and oxygen atoms in total. The third-order valence-corrected chi connectivity index (χ3v) is 26.2. The minimum atomic E-state index is -1.99. The maximum Gasteiger partial charge on any atom is 0.329 e. The Kier molecular flexibility index (Phi) is 47.8. The van der Waals surface area contributed by atoms with Crippen molar-refractivity contribution in [3.05, 3.63) is 89.1 Å². The van der Waals surface area contributed by atoms with Crippen molar-refractivity contribution in [2.45, 2.75) is 297 Å². The maximum absolute atomic E-state index is 14.9. The van der Waals surface area contributed by atoms with Crippen LogP contribution in [0.4, 0.5) is 5.69 Å². The smallest absolute Gasteiger partial charge is 0.329 e. The average Bonchev–Trinajstić information content (AvgIpc) is 0.735. The lowest BCUT2D eigenvalue weighted by Crippen LogP contribution is -2.59. The van der Waals surface area contributed by atoms with Gasteiger partial charge in [-0.05, 0) is 212 Å². The van der Waals surface area contributed by atoms with Gasteiger partial charge < -0.3 is 96.2 Å². The molecule has 0 spiro atoms. The molecule has 7 rings (SSSR count). The van der Waals surface area contributed by atoms with Crippen LogP contribution in [-0.2, 0) is 105 Å². The van der Waals surface area contributed by atoms with Gasteiger partial charge in [0, 0.05) is 80.8 Å². The molecule has 3 heterocycles. The van der Waals surface area contributed by atoms with Crippen molar-refractivity contribution in [1.29, 1.82) is 0 Å². The first-order valence-electron chi connectivity index (χ1n) is 46.9. The van der Waals surface area contributed by atoms with Crippen LogP contribution in [0.25, 0.3) is 10.8 Å². The number of cyclic esters (lactones) is 1. The number of rotatable bonds is 45. The van der Waals surface area contributed by atoms with Crippen LogP contribution in [0.5, 0.6) is 0 Å². The van der Waals surface area contributed by atoms with Gasteiger partial charge in [-0.1, -0.05) is 83.2 Å². The number of anilines is 1. The summed E-state index contributed by atoms with van der Waals surface area (Å²) in [6.07, 6.45) is 11.3. The van der Waals surface area contributed by atoms with Crippen molar-refractivity contribution in [3.8, 4) is 0 Å². The minimum Gasteiger partial charge on any atom is -0.463 e. The number of Topliss-reactive ketones (excluding diaryl/α,β-unsaturated/α-hetero) is 3. The van der Waals surface area contributed by atoms with E-state index >= 15 is 0 Å². The number of piperidine rings is 1. The monoisotopic (exact) mass is 1830 g/mol. The predicted octanol–water partition coefficient (Wildman–Crippen LogP) is 13.3. The molecule has 2 bridgehead atoms. The number of amides is 3. The van der Waals surface area contributed by atoms with E-state index in [0.29, 0.717) is 163 Å². The van der Waals surface area contributed by atoms with Crippen molar-refractivity contribution >= 4 is 75.2 Å². The Morgan fingerprint density at radius 3 is 1.84 bits per heavy atom. The lowest BCUT2D eigenvalue weighted by molar-refractivity contribution is -0.171. The molecule has 3 fully saturated rings. The van der Waals surface area contributed by atoms with E-state index in [1.165, 1.54) is 28.7 Å². The Bertz CT molecular complexity index is 3930. The largest absolute Gasteiger partial charge is 0.463 e. The summed E-state index contributed by atoms with van der Waals surface area (Å²) in [6, 6.07) is 7.10. The van der Waals surface area contributed by atoms with E-state index in [4.69, 9.17) is 75.8 Å². The number of allylic oxidation sites excluding steroid dienone is 6. The fourth-order valence-corrected chi connectivity index (χ4v) is 18.2. The lowest BCUT2D eigenvalue weighted by Gasteiger charge is -2.43. The Morgan fingerprint density at radius 1 is 0.612 bits per heavy atom. The summed E-state index contributed by atoms with van der Waals surface area (Å²) in [5.74, 6) is -6.54. The van der Waals surface area contributed by atoms with Crippen LogP contribution in [0.1, 0.15) is 215 Å². The molecule has 3 N–H and O–H groups in total. The van der Waals surface area contributed by atoms with E-state index in [2.05, 4.69) is 5.32 Å². The number of carbonyl (C=O) groups excluding carboxylic acids is 8. The molecule has 3 aliphatic heterocycles. The second-order valence-electron chi connectivity index (χ2n) is 36.8. The first-order chi connectivity index (χ1) is 61.5. The van der Waals surface area contributed by atoms with Crippen molar-refractivity contribution < 1.29 is 124 Å². The number of fused-ring (bicyclic) bond motifs is 3. The molecule has 2 saturated carbocycles. The number of nitrogens with zero attached hydrogens (tertiary/aromatic N) is 2. The molecule has 1 saturated heterocycles. The molecule has 0 radical (unpaired) electrons. The lowest BCUT2D eigenvalue weighted by atomic mass is 9.67. The van der Waals surface area contributed by atoms with Crippen LogP contribution in [0.15, 0.2) is 77.9 Å². The number of nitrogens with one attached hydrogen (secondary N) is 1. The average molecular weight is 1840 g/mol. The van der Waals surface area contributed by atoms with E-state index in [-0.39, 0.29) is 154 Å². The summed E-state index contributed by atoms with van der Waals surface area (Å²) in [6.45, 7) is 34.5. The van der Waals surface area contributed by atoms with Gasteiger partial charge in [-0.3, -0.25) is 38.5 Å². The van der Waals surface area contributed by atoms with E-state index in [1.807, 2.05) is 120 Å².